The van der Waals surface area contributed by atoms with Crippen molar-refractivity contribution in [3.05, 3.63) is 59.7 Å². The van der Waals surface area contributed by atoms with Gasteiger partial charge in [-0.15, -0.1) is 0 Å². The molecule has 0 bridgehead atoms. The first kappa shape index (κ1) is 22.5. The molecule has 6 nitrogen and oxygen atoms in total. The Morgan fingerprint density at radius 3 is 2.30 bits per heavy atom. The summed E-state index contributed by atoms with van der Waals surface area (Å²) in [5, 5.41) is 10.3. The van der Waals surface area contributed by atoms with Crippen molar-refractivity contribution in [1.29, 1.82) is 0 Å². The van der Waals surface area contributed by atoms with Crippen LogP contribution in [0.2, 0.25) is 0 Å². The van der Waals surface area contributed by atoms with Crippen LogP contribution in [0.3, 0.4) is 0 Å². The Morgan fingerprint density at radius 2 is 1.67 bits per heavy atom. The van der Waals surface area contributed by atoms with Gasteiger partial charge < -0.3 is 23.9 Å². The van der Waals surface area contributed by atoms with Crippen molar-refractivity contribution in [2.75, 3.05) is 13.2 Å². The minimum absolute atomic E-state index is 0.0175. The molecule has 1 unspecified atom stereocenters. The highest BCUT2D eigenvalue weighted by Crippen LogP contribution is 2.37. The summed E-state index contributed by atoms with van der Waals surface area (Å²) in [4.78, 5) is 11.6. The van der Waals surface area contributed by atoms with Gasteiger partial charge >= 0.3 is 7.12 Å². The molecule has 1 aliphatic heterocycles. The number of carbonyl (C=O) groups is 1. The maximum absolute atomic E-state index is 11.6. The summed E-state index contributed by atoms with van der Waals surface area (Å²) in [5.41, 5.74) is 0.905. The zero-order valence-electron chi connectivity index (χ0n) is 18.0. The summed E-state index contributed by atoms with van der Waals surface area (Å²) >= 11 is 0. The number of hydrogen-bond acceptors (Lipinski definition) is 6. The molecule has 0 aliphatic carbocycles. The van der Waals surface area contributed by atoms with E-state index in [2.05, 4.69) is 0 Å². The highest BCUT2D eigenvalue weighted by Gasteiger charge is 2.53. The molecule has 3 rings (SSSR count). The van der Waals surface area contributed by atoms with Crippen molar-refractivity contribution >= 4 is 18.9 Å². The fourth-order valence-electron chi connectivity index (χ4n) is 3.12. The molecule has 1 N–H and O–H groups in total. The van der Waals surface area contributed by atoms with E-state index in [0.717, 1.165) is 11.8 Å². The van der Waals surface area contributed by atoms with Gasteiger partial charge in [0.15, 0.2) is 0 Å². The predicted molar refractivity (Wildman–Crippen MR) is 115 cm³/mol. The quantitative estimate of drug-likeness (QED) is 0.505. The number of hydrogen-bond donors (Lipinski definition) is 1. The maximum atomic E-state index is 11.6. The lowest BCUT2D eigenvalue weighted by molar-refractivity contribution is 0.00562. The lowest BCUT2D eigenvalue weighted by Crippen LogP contribution is -2.41. The molecule has 0 radical (unpaired) electrons. The summed E-state index contributed by atoms with van der Waals surface area (Å²) in [6.07, 6.45) is -0.0631. The molecule has 1 heterocycles. The van der Waals surface area contributed by atoms with E-state index in [1.807, 2.05) is 58.0 Å². The number of aliphatic hydroxyl groups is 1. The van der Waals surface area contributed by atoms with Gasteiger partial charge in [0, 0.05) is 11.0 Å². The Balaban J connectivity index is 1.64. The van der Waals surface area contributed by atoms with E-state index in [1.165, 1.54) is 0 Å². The molecule has 1 fully saturated rings. The molecule has 2 aromatic carbocycles. The van der Waals surface area contributed by atoms with Crippen LogP contribution in [0.25, 0.3) is 0 Å². The van der Waals surface area contributed by atoms with Crippen LogP contribution in [0.5, 0.6) is 5.75 Å². The van der Waals surface area contributed by atoms with Gasteiger partial charge in [-0.25, -0.2) is 0 Å². The molecule has 30 heavy (non-hydrogen) atoms. The predicted octanol–water partition coefficient (Wildman–Crippen LogP) is 2.75. The number of aldehydes is 1. The average Bonchev–Trinajstić information content (AvgIpc) is 2.93. The Morgan fingerprint density at radius 1 is 1.00 bits per heavy atom. The summed E-state index contributed by atoms with van der Waals surface area (Å²) in [6.45, 7) is 8.36. The van der Waals surface area contributed by atoms with Gasteiger partial charge in [0.2, 0.25) is 0 Å². The van der Waals surface area contributed by atoms with E-state index >= 15 is 0 Å². The smallest absolute Gasteiger partial charge is 0.491 e. The number of benzene rings is 2. The molecule has 7 heteroatoms. The Hall–Kier alpha value is -2.19. The largest absolute Gasteiger partial charge is 0.499 e. The number of rotatable bonds is 9. The minimum Gasteiger partial charge on any atom is -0.491 e. The molecular weight excluding hydrogens is 383 g/mol. The van der Waals surface area contributed by atoms with Gasteiger partial charge in [0.25, 0.3) is 0 Å². The molecular formula is C23H29BO6. The molecule has 0 amide bonds. The first-order chi connectivity index (χ1) is 14.2. The van der Waals surface area contributed by atoms with Crippen LogP contribution in [0.15, 0.2) is 48.5 Å². The molecule has 1 atom stereocenters. The number of aliphatic hydroxyl groups excluding tert-OH is 1. The van der Waals surface area contributed by atoms with Crippen LogP contribution in [0.4, 0.5) is 0 Å². The first-order valence-electron chi connectivity index (χ1n) is 10.1. The van der Waals surface area contributed by atoms with Crippen molar-refractivity contribution in [3.8, 4) is 5.75 Å². The summed E-state index contributed by atoms with van der Waals surface area (Å²) in [6, 6.07) is 14.9. The van der Waals surface area contributed by atoms with Gasteiger partial charge in [-0.3, -0.25) is 4.79 Å². The van der Waals surface area contributed by atoms with Gasteiger partial charge in [-0.1, -0.05) is 42.5 Å². The lowest BCUT2D eigenvalue weighted by atomic mass is 9.75. The molecule has 0 aromatic heterocycles. The summed E-state index contributed by atoms with van der Waals surface area (Å²) in [5.74, 6) is 0.445. The van der Waals surface area contributed by atoms with E-state index in [0.29, 0.717) is 23.4 Å². The molecule has 2 aromatic rings. The van der Waals surface area contributed by atoms with Crippen molar-refractivity contribution in [3.63, 3.8) is 0 Å². The normalized spacial score (nSPS) is 18.2. The van der Waals surface area contributed by atoms with Gasteiger partial charge in [0.1, 0.15) is 24.7 Å². The molecule has 160 valence electrons. The Labute approximate surface area is 178 Å². The van der Waals surface area contributed by atoms with E-state index < -0.39 is 24.4 Å². The molecule has 1 saturated heterocycles. The van der Waals surface area contributed by atoms with Crippen LogP contribution in [-0.2, 0) is 20.7 Å². The van der Waals surface area contributed by atoms with Crippen LogP contribution in [-0.4, -0.2) is 49.0 Å². The Kier molecular flexibility index (Phi) is 6.98. The fourth-order valence-corrected chi connectivity index (χ4v) is 3.12. The van der Waals surface area contributed by atoms with E-state index in [1.54, 1.807) is 18.2 Å². The third kappa shape index (κ3) is 5.10. The van der Waals surface area contributed by atoms with Crippen molar-refractivity contribution in [2.45, 2.75) is 51.6 Å². The topological polar surface area (TPSA) is 74.2 Å². The minimum atomic E-state index is -0.820. The summed E-state index contributed by atoms with van der Waals surface area (Å²) < 4.78 is 23.6. The van der Waals surface area contributed by atoms with Crippen LogP contribution in [0.1, 0.15) is 43.6 Å². The highest BCUT2D eigenvalue weighted by molar-refractivity contribution is 6.64. The summed E-state index contributed by atoms with van der Waals surface area (Å²) in [7, 11) is -0.738. The van der Waals surface area contributed by atoms with Crippen molar-refractivity contribution in [2.24, 2.45) is 0 Å². The van der Waals surface area contributed by atoms with Crippen LogP contribution < -0.4 is 10.2 Å². The van der Waals surface area contributed by atoms with E-state index in [9.17, 15) is 9.90 Å². The van der Waals surface area contributed by atoms with E-state index in [4.69, 9.17) is 18.8 Å². The van der Waals surface area contributed by atoms with Gasteiger partial charge in [0.05, 0.1) is 24.4 Å². The third-order valence-electron chi connectivity index (χ3n) is 5.57. The second-order valence-corrected chi connectivity index (χ2v) is 8.43. The third-order valence-corrected chi connectivity index (χ3v) is 5.57. The van der Waals surface area contributed by atoms with Crippen molar-refractivity contribution in [1.82, 2.24) is 0 Å². The zero-order chi connectivity index (χ0) is 21.8. The second-order valence-electron chi connectivity index (χ2n) is 8.43. The maximum Gasteiger partial charge on any atom is 0.499 e. The molecule has 1 aliphatic rings. The average molecular weight is 412 g/mol. The molecule has 0 saturated carbocycles. The van der Waals surface area contributed by atoms with Gasteiger partial charge in [-0.2, -0.15) is 0 Å². The first-order valence-corrected chi connectivity index (χ1v) is 10.1. The molecule has 0 spiro atoms. The lowest BCUT2D eigenvalue weighted by Gasteiger charge is -2.32. The highest BCUT2D eigenvalue weighted by atomic mass is 16.7. The zero-order valence-corrected chi connectivity index (χ0v) is 18.0. The standard InChI is InChI=1S/C23H29BO6/c1-22(2)23(3,4)30-24(29-22)21-18(13-25)11-8-12-20(21)28-16-19(26)15-27-14-17-9-6-5-7-10-17/h5-13,19,26H,14-16H2,1-4H3. The van der Waals surface area contributed by atoms with Crippen LogP contribution >= 0.6 is 0 Å². The SMILES string of the molecule is CC1(C)OB(c2c(C=O)cccc2OCC(O)COCc2ccccc2)OC1(C)C. The monoisotopic (exact) mass is 412 g/mol. The number of ether oxygens (including phenoxy) is 2. The van der Waals surface area contributed by atoms with Gasteiger partial charge in [-0.05, 0) is 39.3 Å². The Bertz CT molecular complexity index is 836. The van der Waals surface area contributed by atoms with E-state index in [-0.39, 0.29) is 13.2 Å². The van der Waals surface area contributed by atoms with Crippen LogP contribution in [0, 0.1) is 0 Å². The fraction of sp³-hybridized carbons (Fsp3) is 0.435. The van der Waals surface area contributed by atoms with Crippen molar-refractivity contribution < 1.29 is 28.7 Å². The second kappa shape index (κ2) is 9.31. The number of carbonyl (C=O) groups excluding carboxylic acids is 1.